The van der Waals surface area contributed by atoms with Gasteiger partial charge in [-0.3, -0.25) is 0 Å². The lowest BCUT2D eigenvalue weighted by molar-refractivity contribution is -0.149. The van der Waals surface area contributed by atoms with Gasteiger partial charge in [0.1, 0.15) is 0 Å². The summed E-state index contributed by atoms with van der Waals surface area (Å²) in [4.78, 5) is 0. The zero-order valence-corrected chi connectivity index (χ0v) is 7.30. The fourth-order valence-electron chi connectivity index (χ4n) is 1.71. The minimum atomic E-state index is -1.07. The normalized spacial score (nSPS) is 39.0. The van der Waals surface area contributed by atoms with Crippen LogP contribution in [0.4, 0.5) is 0 Å². The van der Waals surface area contributed by atoms with Gasteiger partial charge in [-0.15, -0.1) is 0 Å². The number of aliphatic hydroxyl groups is 5. The van der Waals surface area contributed by atoms with Gasteiger partial charge >= 0.3 is 0 Å². The molecule has 0 spiro atoms. The van der Waals surface area contributed by atoms with Gasteiger partial charge in [0.25, 0.3) is 0 Å². The van der Waals surface area contributed by atoms with E-state index in [0.717, 1.165) is 0 Å². The lowest BCUT2D eigenvalue weighted by atomic mass is 9.71. The van der Waals surface area contributed by atoms with Crippen LogP contribution in [0.2, 0.25) is 0 Å². The van der Waals surface area contributed by atoms with Crippen molar-refractivity contribution in [1.82, 2.24) is 0 Å². The molecule has 3 atom stereocenters. The van der Waals surface area contributed by atoms with Crippen molar-refractivity contribution in [3.05, 3.63) is 0 Å². The molecule has 1 saturated carbocycles. The Morgan fingerprint density at radius 1 is 1.00 bits per heavy atom. The van der Waals surface area contributed by atoms with Crippen LogP contribution in [-0.4, -0.2) is 57.1 Å². The Balaban J connectivity index is 2.74. The predicted octanol–water partition coefficient (Wildman–Crippen LogP) is -2.17. The standard InChI is InChI=1S/C8H16O5/c9-3-8(4-10)2-6(12)5(11)1-7(8)13/h5-7,9-13H,1-4H2. The topological polar surface area (TPSA) is 101 Å². The van der Waals surface area contributed by atoms with Crippen molar-refractivity contribution in [3.8, 4) is 0 Å². The molecule has 78 valence electrons. The molecule has 0 bridgehead atoms. The number of hydrogen-bond donors (Lipinski definition) is 5. The molecule has 5 N–H and O–H groups in total. The fraction of sp³-hybridized carbons (Fsp3) is 1.00. The summed E-state index contributed by atoms with van der Waals surface area (Å²) in [6.45, 7) is -0.789. The maximum atomic E-state index is 9.52. The van der Waals surface area contributed by atoms with Crippen LogP contribution in [0.1, 0.15) is 12.8 Å². The first-order valence-electron chi connectivity index (χ1n) is 4.31. The maximum Gasteiger partial charge on any atom is 0.0824 e. The Kier molecular flexibility index (Phi) is 3.26. The second-order valence-corrected chi connectivity index (χ2v) is 3.77. The first kappa shape index (κ1) is 10.9. The summed E-state index contributed by atoms with van der Waals surface area (Å²) in [5, 5.41) is 46.0. The molecular formula is C8H16O5. The Bertz CT molecular complexity index is 168. The van der Waals surface area contributed by atoms with Crippen molar-refractivity contribution in [2.24, 2.45) is 5.41 Å². The van der Waals surface area contributed by atoms with Gasteiger partial charge in [0.2, 0.25) is 0 Å². The molecule has 1 aliphatic rings. The van der Waals surface area contributed by atoms with E-state index in [1.807, 2.05) is 0 Å². The van der Waals surface area contributed by atoms with Crippen LogP contribution < -0.4 is 0 Å². The molecule has 0 amide bonds. The first-order chi connectivity index (χ1) is 6.05. The van der Waals surface area contributed by atoms with E-state index in [-0.39, 0.29) is 12.8 Å². The zero-order chi connectivity index (χ0) is 10.1. The van der Waals surface area contributed by atoms with Crippen molar-refractivity contribution < 1.29 is 25.5 Å². The highest BCUT2D eigenvalue weighted by Crippen LogP contribution is 2.35. The predicted molar refractivity (Wildman–Crippen MR) is 43.9 cm³/mol. The molecule has 0 saturated heterocycles. The summed E-state index contributed by atoms with van der Waals surface area (Å²) < 4.78 is 0. The van der Waals surface area contributed by atoms with Gasteiger partial charge in [0.05, 0.1) is 31.5 Å². The van der Waals surface area contributed by atoms with Gasteiger partial charge < -0.3 is 25.5 Å². The fourth-order valence-corrected chi connectivity index (χ4v) is 1.71. The van der Waals surface area contributed by atoms with E-state index < -0.39 is 36.9 Å². The minimum Gasteiger partial charge on any atom is -0.396 e. The summed E-state index contributed by atoms with van der Waals surface area (Å²) in [7, 11) is 0. The van der Waals surface area contributed by atoms with Crippen molar-refractivity contribution in [2.75, 3.05) is 13.2 Å². The van der Waals surface area contributed by atoms with E-state index in [2.05, 4.69) is 0 Å². The molecule has 1 rings (SSSR count). The smallest absolute Gasteiger partial charge is 0.0824 e. The quantitative estimate of drug-likeness (QED) is 0.343. The third-order valence-electron chi connectivity index (χ3n) is 2.86. The summed E-state index contributed by atoms with van der Waals surface area (Å²) >= 11 is 0. The summed E-state index contributed by atoms with van der Waals surface area (Å²) in [6.07, 6.45) is -2.92. The van der Waals surface area contributed by atoms with Crippen molar-refractivity contribution in [2.45, 2.75) is 31.2 Å². The third-order valence-corrected chi connectivity index (χ3v) is 2.86. The first-order valence-corrected chi connectivity index (χ1v) is 4.31. The molecule has 1 fully saturated rings. The van der Waals surface area contributed by atoms with Crippen LogP contribution in [0.3, 0.4) is 0 Å². The van der Waals surface area contributed by atoms with Gasteiger partial charge in [-0.2, -0.15) is 0 Å². The van der Waals surface area contributed by atoms with E-state index in [9.17, 15) is 15.3 Å². The highest BCUT2D eigenvalue weighted by atomic mass is 16.3. The molecule has 0 aromatic carbocycles. The highest BCUT2D eigenvalue weighted by molar-refractivity contribution is 4.95. The molecule has 5 nitrogen and oxygen atoms in total. The van der Waals surface area contributed by atoms with Crippen LogP contribution in [0.5, 0.6) is 0 Å². The van der Waals surface area contributed by atoms with Crippen LogP contribution in [-0.2, 0) is 0 Å². The number of rotatable bonds is 2. The maximum absolute atomic E-state index is 9.52. The summed E-state index contributed by atoms with van der Waals surface area (Å²) in [5.74, 6) is 0. The third kappa shape index (κ3) is 1.84. The Morgan fingerprint density at radius 2 is 1.54 bits per heavy atom. The summed E-state index contributed by atoms with van der Waals surface area (Å²) in [6, 6.07) is 0. The van der Waals surface area contributed by atoms with Crippen LogP contribution >= 0.6 is 0 Å². The molecule has 1 aliphatic carbocycles. The monoisotopic (exact) mass is 192 g/mol. The van der Waals surface area contributed by atoms with Crippen LogP contribution in [0.25, 0.3) is 0 Å². The molecule has 13 heavy (non-hydrogen) atoms. The average molecular weight is 192 g/mol. The van der Waals surface area contributed by atoms with Gasteiger partial charge in [-0.1, -0.05) is 0 Å². The Morgan fingerprint density at radius 3 is 2.00 bits per heavy atom. The lowest BCUT2D eigenvalue weighted by Gasteiger charge is -2.42. The average Bonchev–Trinajstić information content (AvgIpc) is 2.12. The van der Waals surface area contributed by atoms with Gasteiger partial charge in [-0.25, -0.2) is 0 Å². The molecule has 3 unspecified atom stereocenters. The van der Waals surface area contributed by atoms with E-state index in [1.54, 1.807) is 0 Å². The minimum absolute atomic E-state index is 0.0116. The van der Waals surface area contributed by atoms with E-state index >= 15 is 0 Å². The van der Waals surface area contributed by atoms with Gasteiger partial charge in [-0.05, 0) is 6.42 Å². The molecule has 0 aliphatic heterocycles. The molecule has 0 aromatic heterocycles. The van der Waals surface area contributed by atoms with Crippen molar-refractivity contribution in [1.29, 1.82) is 0 Å². The second-order valence-electron chi connectivity index (χ2n) is 3.77. The number of hydrogen-bond acceptors (Lipinski definition) is 5. The molecule has 0 aromatic rings. The largest absolute Gasteiger partial charge is 0.396 e. The lowest BCUT2D eigenvalue weighted by Crippen LogP contribution is -2.53. The van der Waals surface area contributed by atoms with E-state index in [1.165, 1.54) is 0 Å². The van der Waals surface area contributed by atoms with Crippen LogP contribution in [0, 0.1) is 5.41 Å². The molecular weight excluding hydrogens is 176 g/mol. The number of aliphatic hydroxyl groups excluding tert-OH is 5. The van der Waals surface area contributed by atoms with Gasteiger partial charge in [0.15, 0.2) is 0 Å². The van der Waals surface area contributed by atoms with Crippen LogP contribution in [0.15, 0.2) is 0 Å². The Hall–Kier alpha value is -0.200. The van der Waals surface area contributed by atoms with Gasteiger partial charge in [0, 0.05) is 11.8 Å². The summed E-state index contributed by atoms with van der Waals surface area (Å²) in [5.41, 5.74) is -1.07. The highest BCUT2D eigenvalue weighted by Gasteiger charge is 2.45. The SMILES string of the molecule is OCC1(CO)CC(O)C(O)CC1O. The van der Waals surface area contributed by atoms with E-state index in [0.29, 0.717) is 0 Å². The molecule has 0 radical (unpaired) electrons. The Labute approximate surface area is 76.3 Å². The molecule has 0 heterocycles. The zero-order valence-electron chi connectivity index (χ0n) is 7.30. The second kappa shape index (κ2) is 3.89. The van der Waals surface area contributed by atoms with Crippen molar-refractivity contribution in [3.63, 3.8) is 0 Å². The molecule has 5 heteroatoms. The van der Waals surface area contributed by atoms with E-state index in [4.69, 9.17) is 10.2 Å². The van der Waals surface area contributed by atoms with Crippen molar-refractivity contribution >= 4 is 0 Å².